The molecule has 1 N–H and O–H groups in total. The van der Waals surface area contributed by atoms with E-state index in [1.165, 1.54) is 12.1 Å². The van der Waals surface area contributed by atoms with Crippen molar-refractivity contribution in [2.45, 2.75) is 6.04 Å². The molecule has 1 aromatic heterocycles. The molecule has 3 rings (SSSR count). The Hall–Kier alpha value is -2.97. The predicted octanol–water partition coefficient (Wildman–Crippen LogP) is 3.96. The van der Waals surface area contributed by atoms with Crippen molar-refractivity contribution in [2.75, 3.05) is 26.0 Å². The van der Waals surface area contributed by atoms with Gasteiger partial charge < -0.3 is 10.2 Å². The number of rotatable bonds is 5. The van der Waals surface area contributed by atoms with Gasteiger partial charge in [0.2, 0.25) is 0 Å². The summed E-state index contributed by atoms with van der Waals surface area (Å²) in [5.74, 6) is -0.243. The first-order valence-corrected chi connectivity index (χ1v) is 8.04. The van der Waals surface area contributed by atoms with Gasteiger partial charge in [-0.2, -0.15) is 5.26 Å². The molecule has 0 bridgehead atoms. The van der Waals surface area contributed by atoms with E-state index in [2.05, 4.69) is 21.3 Å². The number of aromatic nitrogens is 1. The Balaban J connectivity index is 1.90. The Morgan fingerprint density at radius 1 is 1.16 bits per heavy atom. The highest BCUT2D eigenvalue weighted by atomic mass is 19.1. The van der Waals surface area contributed by atoms with Crippen molar-refractivity contribution in [1.82, 2.24) is 9.88 Å². The van der Waals surface area contributed by atoms with Crippen LogP contribution in [0.1, 0.15) is 17.3 Å². The molecule has 1 unspecified atom stereocenters. The summed E-state index contributed by atoms with van der Waals surface area (Å²) < 4.78 is 13.2. The molecule has 4 nitrogen and oxygen atoms in total. The van der Waals surface area contributed by atoms with Crippen LogP contribution in [-0.4, -0.2) is 30.5 Å². The van der Waals surface area contributed by atoms with Crippen molar-refractivity contribution in [3.63, 3.8) is 0 Å². The van der Waals surface area contributed by atoms with Crippen LogP contribution in [-0.2, 0) is 0 Å². The molecule has 25 heavy (non-hydrogen) atoms. The van der Waals surface area contributed by atoms with Gasteiger partial charge in [0.05, 0.1) is 11.6 Å². The second kappa shape index (κ2) is 7.29. The molecule has 0 aliphatic carbocycles. The van der Waals surface area contributed by atoms with Gasteiger partial charge in [-0.25, -0.2) is 9.37 Å². The highest BCUT2D eigenvalue weighted by Gasteiger charge is 2.15. The fourth-order valence-electron chi connectivity index (χ4n) is 2.87. The number of nitrogens with one attached hydrogen (secondary N) is 1. The van der Waals surface area contributed by atoms with Crippen LogP contribution in [0.4, 0.5) is 10.1 Å². The first-order valence-electron chi connectivity index (χ1n) is 8.04. The van der Waals surface area contributed by atoms with Crippen LogP contribution in [0.25, 0.3) is 10.9 Å². The molecular weight excluding hydrogens is 315 g/mol. The zero-order chi connectivity index (χ0) is 17.8. The van der Waals surface area contributed by atoms with Gasteiger partial charge in [0, 0.05) is 17.6 Å². The van der Waals surface area contributed by atoms with Crippen LogP contribution in [0.2, 0.25) is 0 Å². The van der Waals surface area contributed by atoms with E-state index in [0.29, 0.717) is 12.2 Å². The lowest BCUT2D eigenvalue weighted by Gasteiger charge is -2.26. The second-order valence-corrected chi connectivity index (χ2v) is 6.10. The maximum absolute atomic E-state index is 13.2. The Labute approximate surface area is 146 Å². The predicted molar refractivity (Wildman–Crippen MR) is 97.8 cm³/mol. The van der Waals surface area contributed by atoms with Crippen LogP contribution < -0.4 is 5.32 Å². The Kier molecular flexibility index (Phi) is 4.92. The number of pyridine rings is 1. The first-order chi connectivity index (χ1) is 12.1. The number of anilines is 1. The van der Waals surface area contributed by atoms with E-state index >= 15 is 0 Å². The van der Waals surface area contributed by atoms with Gasteiger partial charge in [-0.3, -0.25) is 0 Å². The highest BCUT2D eigenvalue weighted by Crippen LogP contribution is 2.25. The molecular formula is C20H19FN4. The normalized spacial score (nSPS) is 12.1. The average Bonchev–Trinajstić information content (AvgIpc) is 2.62. The first kappa shape index (κ1) is 16.9. The lowest BCUT2D eigenvalue weighted by molar-refractivity contribution is 0.311. The van der Waals surface area contributed by atoms with Crippen molar-refractivity contribution in [2.24, 2.45) is 0 Å². The number of benzene rings is 2. The molecule has 0 aliphatic rings. The minimum Gasteiger partial charge on any atom is -0.382 e. The van der Waals surface area contributed by atoms with Crippen LogP contribution >= 0.6 is 0 Å². The monoisotopic (exact) mass is 334 g/mol. The van der Waals surface area contributed by atoms with Crippen molar-refractivity contribution in [1.29, 1.82) is 5.26 Å². The number of nitrogens with zero attached hydrogens (tertiary/aromatic N) is 3. The van der Waals surface area contributed by atoms with E-state index in [0.717, 1.165) is 22.2 Å². The van der Waals surface area contributed by atoms with E-state index in [1.54, 1.807) is 18.2 Å². The summed E-state index contributed by atoms with van der Waals surface area (Å²) in [6.07, 6.45) is 0. The van der Waals surface area contributed by atoms with Gasteiger partial charge in [-0.15, -0.1) is 0 Å². The number of para-hydroxylation sites is 1. The van der Waals surface area contributed by atoms with Gasteiger partial charge >= 0.3 is 0 Å². The number of hydrogen-bond donors (Lipinski definition) is 1. The zero-order valence-electron chi connectivity index (χ0n) is 14.2. The molecule has 0 radical (unpaired) electrons. The topological polar surface area (TPSA) is 52.0 Å². The van der Waals surface area contributed by atoms with Crippen LogP contribution in [0.5, 0.6) is 0 Å². The maximum atomic E-state index is 13.2. The van der Waals surface area contributed by atoms with Crippen LogP contribution in [0.3, 0.4) is 0 Å². The summed E-state index contributed by atoms with van der Waals surface area (Å²) in [5, 5.41) is 13.6. The standard InChI is InChI=1S/C20H19FN4/c1-25(2)20(14-7-9-15(21)10-8-14)13-23-19-11-16(12-22)24-18-6-4-3-5-17(18)19/h3-11,20H,13H2,1-2H3,(H,23,24). The van der Waals surface area contributed by atoms with E-state index in [4.69, 9.17) is 0 Å². The van der Waals surface area contributed by atoms with E-state index in [9.17, 15) is 9.65 Å². The minimum atomic E-state index is -0.243. The number of hydrogen-bond acceptors (Lipinski definition) is 4. The zero-order valence-corrected chi connectivity index (χ0v) is 14.2. The fraction of sp³-hybridized carbons (Fsp3) is 0.200. The molecule has 0 saturated heterocycles. The molecule has 0 aliphatic heterocycles. The summed E-state index contributed by atoms with van der Waals surface area (Å²) in [6.45, 7) is 0.623. The summed E-state index contributed by atoms with van der Waals surface area (Å²) in [5.41, 5.74) is 3.06. The Bertz CT molecular complexity index is 913. The lowest BCUT2D eigenvalue weighted by Crippen LogP contribution is -2.27. The van der Waals surface area contributed by atoms with Gasteiger partial charge in [-0.1, -0.05) is 30.3 Å². The molecule has 3 aromatic rings. The minimum absolute atomic E-state index is 0.0677. The molecule has 0 amide bonds. The van der Waals surface area contributed by atoms with Crippen LogP contribution in [0, 0.1) is 17.1 Å². The second-order valence-electron chi connectivity index (χ2n) is 6.10. The fourth-order valence-corrected chi connectivity index (χ4v) is 2.87. The van der Waals surface area contributed by atoms with E-state index < -0.39 is 0 Å². The number of likely N-dealkylation sites (N-methyl/N-ethyl adjacent to an activating group) is 1. The quantitative estimate of drug-likeness (QED) is 0.767. The summed E-state index contributed by atoms with van der Waals surface area (Å²) in [6, 6.07) is 18.2. The van der Waals surface area contributed by atoms with Crippen molar-refractivity contribution in [3.8, 4) is 6.07 Å². The van der Waals surface area contributed by atoms with Gasteiger partial charge in [0.15, 0.2) is 0 Å². The lowest BCUT2D eigenvalue weighted by atomic mass is 10.1. The molecule has 5 heteroatoms. The third kappa shape index (κ3) is 3.76. The van der Waals surface area contributed by atoms with E-state index in [1.807, 2.05) is 38.4 Å². The van der Waals surface area contributed by atoms with Crippen LogP contribution in [0.15, 0.2) is 54.6 Å². The SMILES string of the molecule is CN(C)C(CNc1cc(C#N)nc2ccccc12)c1ccc(F)cc1. The third-order valence-corrected chi connectivity index (χ3v) is 4.19. The van der Waals surface area contributed by atoms with Gasteiger partial charge in [0.25, 0.3) is 0 Å². The van der Waals surface area contributed by atoms with Crippen molar-refractivity contribution < 1.29 is 4.39 Å². The molecule has 1 atom stereocenters. The number of fused-ring (bicyclic) bond motifs is 1. The Morgan fingerprint density at radius 3 is 2.56 bits per heavy atom. The third-order valence-electron chi connectivity index (χ3n) is 4.19. The van der Waals surface area contributed by atoms with Gasteiger partial charge in [0.1, 0.15) is 17.6 Å². The van der Waals surface area contributed by atoms with Gasteiger partial charge in [-0.05, 0) is 43.9 Å². The molecule has 0 saturated carbocycles. The Morgan fingerprint density at radius 2 is 1.88 bits per heavy atom. The summed E-state index contributed by atoms with van der Waals surface area (Å²) in [7, 11) is 3.97. The number of nitriles is 1. The molecule has 0 spiro atoms. The van der Waals surface area contributed by atoms with Crippen molar-refractivity contribution in [3.05, 3.63) is 71.7 Å². The maximum Gasteiger partial charge on any atom is 0.143 e. The summed E-state index contributed by atoms with van der Waals surface area (Å²) in [4.78, 5) is 6.41. The molecule has 126 valence electrons. The average molecular weight is 334 g/mol. The molecule has 0 fully saturated rings. The smallest absolute Gasteiger partial charge is 0.143 e. The molecule has 2 aromatic carbocycles. The van der Waals surface area contributed by atoms with E-state index in [-0.39, 0.29) is 11.9 Å². The molecule has 1 heterocycles. The highest BCUT2D eigenvalue weighted by molar-refractivity contribution is 5.91. The van der Waals surface area contributed by atoms with Crippen molar-refractivity contribution >= 4 is 16.6 Å². The largest absolute Gasteiger partial charge is 0.382 e. The number of halogens is 1. The summed E-state index contributed by atoms with van der Waals surface area (Å²) >= 11 is 0.